The number of hydrogen-bond donors (Lipinski definition) is 3. The van der Waals surface area contributed by atoms with E-state index in [1.807, 2.05) is 32.7 Å². The minimum atomic E-state index is -4.47. The molecule has 2 aromatic rings. The third-order valence-electron chi connectivity index (χ3n) is 5.83. The van der Waals surface area contributed by atoms with Crippen LogP contribution in [0.4, 0.5) is 36.4 Å². The van der Waals surface area contributed by atoms with E-state index in [1.54, 1.807) is 0 Å². The smallest absolute Gasteiger partial charge is 0.367 e. The second-order valence-corrected chi connectivity index (χ2v) is 8.68. The van der Waals surface area contributed by atoms with Gasteiger partial charge in [0, 0.05) is 19.1 Å². The summed E-state index contributed by atoms with van der Waals surface area (Å²) in [5.41, 5.74) is 0.371. The highest BCUT2D eigenvalue weighted by Crippen LogP contribution is 2.35. The number of anilines is 4. The summed E-state index contributed by atoms with van der Waals surface area (Å²) in [7, 11) is 1.85. The Morgan fingerprint density at radius 3 is 2.47 bits per heavy atom. The molecule has 3 N–H and O–H groups in total. The van der Waals surface area contributed by atoms with Crippen LogP contribution in [0.5, 0.6) is 0 Å². The summed E-state index contributed by atoms with van der Waals surface area (Å²) in [4.78, 5) is 27.1. The molecule has 0 aromatic carbocycles. The molecule has 0 saturated heterocycles. The van der Waals surface area contributed by atoms with Gasteiger partial charge in [-0.2, -0.15) is 18.2 Å². The first-order valence-electron chi connectivity index (χ1n) is 10.5. The SMILES string of the molecule is Cc1nc(NC2CC(Nc3cccc(C(F)(F)F)n3)C2)nc2c1NC(=O)C(C(C)C)N2C. The van der Waals surface area contributed by atoms with Crippen LogP contribution in [0.1, 0.15) is 38.1 Å². The monoisotopic (exact) mass is 449 g/mol. The number of halogens is 3. The number of fused-ring (bicyclic) bond motifs is 1. The third kappa shape index (κ3) is 4.28. The maximum atomic E-state index is 12.8. The van der Waals surface area contributed by atoms with Crippen molar-refractivity contribution in [2.45, 2.75) is 57.9 Å². The Hall–Kier alpha value is -3.11. The Morgan fingerprint density at radius 1 is 1.12 bits per heavy atom. The molecule has 2 aliphatic rings. The first-order valence-corrected chi connectivity index (χ1v) is 10.5. The van der Waals surface area contributed by atoms with E-state index >= 15 is 0 Å². The molecule has 4 rings (SSSR count). The average molecular weight is 449 g/mol. The van der Waals surface area contributed by atoms with Gasteiger partial charge in [0.1, 0.15) is 23.2 Å². The van der Waals surface area contributed by atoms with Crippen molar-refractivity contribution in [1.82, 2.24) is 15.0 Å². The zero-order chi connectivity index (χ0) is 23.2. The highest BCUT2D eigenvalue weighted by Gasteiger charge is 2.37. The van der Waals surface area contributed by atoms with Crippen molar-refractivity contribution in [2.24, 2.45) is 5.92 Å². The topological polar surface area (TPSA) is 95.1 Å². The zero-order valence-electron chi connectivity index (χ0n) is 18.3. The Morgan fingerprint density at radius 2 is 1.81 bits per heavy atom. The second-order valence-electron chi connectivity index (χ2n) is 8.68. The summed E-state index contributed by atoms with van der Waals surface area (Å²) >= 11 is 0. The van der Waals surface area contributed by atoms with Crippen LogP contribution in [-0.2, 0) is 11.0 Å². The van der Waals surface area contributed by atoms with Crippen LogP contribution in [0.25, 0.3) is 0 Å². The predicted octanol–water partition coefficient (Wildman–Crippen LogP) is 3.67. The Labute approximate surface area is 184 Å². The number of carbonyl (C=O) groups excluding carboxylic acids is 1. The quantitative estimate of drug-likeness (QED) is 0.641. The Bertz CT molecular complexity index is 1020. The van der Waals surface area contributed by atoms with Crippen molar-refractivity contribution < 1.29 is 18.0 Å². The third-order valence-corrected chi connectivity index (χ3v) is 5.83. The average Bonchev–Trinajstić information content (AvgIpc) is 2.66. The van der Waals surface area contributed by atoms with Gasteiger partial charge in [0.2, 0.25) is 11.9 Å². The maximum absolute atomic E-state index is 12.8. The minimum Gasteiger partial charge on any atom is -0.367 e. The molecule has 172 valence electrons. The van der Waals surface area contributed by atoms with Crippen LogP contribution >= 0.6 is 0 Å². The molecule has 0 radical (unpaired) electrons. The van der Waals surface area contributed by atoms with E-state index in [1.165, 1.54) is 12.1 Å². The van der Waals surface area contributed by atoms with Crippen LogP contribution < -0.4 is 20.9 Å². The highest BCUT2D eigenvalue weighted by molar-refractivity contribution is 6.03. The largest absolute Gasteiger partial charge is 0.433 e. The van der Waals surface area contributed by atoms with Crippen LogP contribution in [0.15, 0.2) is 18.2 Å². The molecule has 2 aromatic heterocycles. The van der Waals surface area contributed by atoms with Crippen LogP contribution in [0.2, 0.25) is 0 Å². The van der Waals surface area contributed by atoms with Crippen molar-refractivity contribution in [1.29, 1.82) is 0 Å². The molecule has 1 fully saturated rings. The standard InChI is InChI=1S/C21H26F3N7O/c1-10(2)17-19(32)29-16-11(3)25-20(30-18(16)31(17)4)27-13-8-12(9-13)26-15-7-5-6-14(28-15)21(22,23)24/h5-7,10,12-13,17H,8-9H2,1-4H3,(H,26,28)(H,29,32)(H,25,27,30). The molecule has 1 saturated carbocycles. The number of likely N-dealkylation sites (N-methyl/N-ethyl adjacent to an activating group) is 1. The van der Waals surface area contributed by atoms with Crippen molar-refractivity contribution in [2.75, 3.05) is 27.9 Å². The summed E-state index contributed by atoms with van der Waals surface area (Å²) in [6.07, 6.45) is -3.08. The van der Waals surface area contributed by atoms with E-state index in [0.29, 0.717) is 36.0 Å². The second kappa shape index (κ2) is 8.10. The first kappa shape index (κ1) is 22.1. The van der Waals surface area contributed by atoms with Gasteiger partial charge in [-0.05, 0) is 37.8 Å². The van der Waals surface area contributed by atoms with Gasteiger partial charge < -0.3 is 20.9 Å². The summed E-state index contributed by atoms with van der Waals surface area (Å²) < 4.78 is 38.5. The summed E-state index contributed by atoms with van der Waals surface area (Å²) in [5.74, 6) is 1.38. The number of alkyl halides is 3. The minimum absolute atomic E-state index is 0.00879. The fraction of sp³-hybridized carbons (Fsp3) is 0.524. The van der Waals surface area contributed by atoms with Crippen molar-refractivity contribution in [3.05, 3.63) is 29.6 Å². The zero-order valence-corrected chi connectivity index (χ0v) is 18.3. The predicted molar refractivity (Wildman–Crippen MR) is 116 cm³/mol. The first-order chi connectivity index (χ1) is 15.0. The number of pyridine rings is 1. The highest BCUT2D eigenvalue weighted by atomic mass is 19.4. The molecule has 3 heterocycles. The van der Waals surface area contributed by atoms with E-state index in [2.05, 4.69) is 30.9 Å². The molecule has 0 bridgehead atoms. The van der Waals surface area contributed by atoms with Gasteiger partial charge >= 0.3 is 6.18 Å². The van der Waals surface area contributed by atoms with Gasteiger partial charge in [0.25, 0.3) is 0 Å². The van der Waals surface area contributed by atoms with Crippen LogP contribution in [-0.4, -0.2) is 46.0 Å². The number of aromatic nitrogens is 3. The summed E-state index contributed by atoms with van der Waals surface area (Å²) in [6.45, 7) is 5.79. The number of hydrogen-bond acceptors (Lipinski definition) is 7. The van der Waals surface area contributed by atoms with Gasteiger partial charge in [0.15, 0.2) is 5.82 Å². The molecule has 11 heteroatoms. The normalized spacial score (nSPS) is 22.8. The maximum Gasteiger partial charge on any atom is 0.433 e. The Balaban J connectivity index is 1.40. The molecular weight excluding hydrogens is 423 g/mol. The number of amides is 1. The lowest BCUT2D eigenvalue weighted by Crippen LogP contribution is -2.50. The van der Waals surface area contributed by atoms with Gasteiger partial charge in [-0.3, -0.25) is 4.79 Å². The fourth-order valence-corrected chi connectivity index (χ4v) is 4.20. The number of nitrogens with one attached hydrogen (secondary N) is 3. The molecule has 1 atom stereocenters. The number of rotatable bonds is 5. The van der Waals surface area contributed by atoms with E-state index in [9.17, 15) is 18.0 Å². The van der Waals surface area contributed by atoms with E-state index in [0.717, 1.165) is 6.07 Å². The molecule has 1 unspecified atom stereocenters. The number of aryl methyl sites for hydroxylation is 1. The van der Waals surface area contributed by atoms with Crippen LogP contribution in [0.3, 0.4) is 0 Å². The van der Waals surface area contributed by atoms with Gasteiger partial charge in [-0.15, -0.1) is 0 Å². The molecule has 1 aliphatic heterocycles. The molecular formula is C21H26F3N7O. The summed E-state index contributed by atoms with van der Waals surface area (Å²) in [6, 6.07) is 3.60. The summed E-state index contributed by atoms with van der Waals surface area (Å²) in [5, 5.41) is 9.26. The molecule has 8 nitrogen and oxygen atoms in total. The molecule has 1 amide bonds. The van der Waals surface area contributed by atoms with E-state index < -0.39 is 11.9 Å². The number of carbonyl (C=O) groups is 1. The van der Waals surface area contributed by atoms with Crippen molar-refractivity contribution in [3.63, 3.8) is 0 Å². The number of nitrogens with zero attached hydrogens (tertiary/aromatic N) is 4. The van der Waals surface area contributed by atoms with Crippen molar-refractivity contribution >= 4 is 29.2 Å². The van der Waals surface area contributed by atoms with E-state index in [-0.39, 0.29) is 35.8 Å². The molecule has 32 heavy (non-hydrogen) atoms. The lowest BCUT2D eigenvalue weighted by Gasteiger charge is -2.38. The van der Waals surface area contributed by atoms with E-state index in [4.69, 9.17) is 0 Å². The van der Waals surface area contributed by atoms with Gasteiger partial charge in [0.05, 0.1) is 5.69 Å². The fourth-order valence-electron chi connectivity index (χ4n) is 4.20. The lowest BCUT2D eigenvalue weighted by molar-refractivity contribution is -0.141. The lowest BCUT2D eigenvalue weighted by atomic mass is 9.87. The van der Waals surface area contributed by atoms with Crippen LogP contribution in [0, 0.1) is 12.8 Å². The molecule has 1 aliphatic carbocycles. The van der Waals surface area contributed by atoms with Crippen molar-refractivity contribution in [3.8, 4) is 0 Å². The van der Waals surface area contributed by atoms with Gasteiger partial charge in [-0.25, -0.2) is 9.97 Å². The molecule has 0 spiro atoms. The van der Waals surface area contributed by atoms with Gasteiger partial charge in [-0.1, -0.05) is 19.9 Å². The Kier molecular flexibility index (Phi) is 5.59.